The molecule has 6 aliphatic rings. The number of nitrogens with zero attached hydrogens (tertiary/aromatic N) is 5. The molecule has 3 aliphatic heterocycles. The van der Waals surface area contributed by atoms with Crippen LogP contribution in [0.15, 0.2) is 4.52 Å². The van der Waals surface area contributed by atoms with Crippen LogP contribution in [0.4, 0.5) is 10.2 Å². The van der Waals surface area contributed by atoms with E-state index in [2.05, 4.69) is 32.3 Å². The van der Waals surface area contributed by atoms with Gasteiger partial charge >= 0.3 is 0 Å². The van der Waals surface area contributed by atoms with Gasteiger partial charge in [-0.15, -0.1) is 0 Å². The predicted molar refractivity (Wildman–Crippen MR) is 149 cm³/mol. The number of halogens is 1. The standard InChI is InChI=1S/C30H41FN6O4/c1-36-14-5-6-20(36)18-38-27-22(31)26(37-15-13-32-28(19-37)11-12-28)33-25(34-27)23-21-7-4-9-29(24(21)41-35-23)8-2-3-10-30(29)39-16-17-40-30/h20,32H,2-19H2,1H3/t20-,29-/m0/s1. The highest BCUT2D eigenvalue weighted by atomic mass is 19.1. The predicted octanol–water partition coefficient (Wildman–Crippen LogP) is 3.58. The number of piperazine rings is 1. The largest absolute Gasteiger partial charge is 0.474 e. The lowest BCUT2D eigenvalue weighted by molar-refractivity contribution is -0.235. The van der Waals surface area contributed by atoms with Gasteiger partial charge < -0.3 is 33.9 Å². The van der Waals surface area contributed by atoms with Gasteiger partial charge in [0.15, 0.2) is 28.9 Å². The van der Waals surface area contributed by atoms with Gasteiger partial charge in [-0.3, -0.25) is 0 Å². The molecular formula is C30H41FN6O4. The third-order valence-corrected chi connectivity index (χ3v) is 10.7. The summed E-state index contributed by atoms with van der Waals surface area (Å²) in [5.74, 6) is 0.389. The summed E-state index contributed by atoms with van der Waals surface area (Å²) in [4.78, 5) is 13.9. The van der Waals surface area contributed by atoms with E-state index in [-0.39, 0.29) is 22.9 Å². The van der Waals surface area contributed by atoms with E-state index in [9.17, 15) is 0 Å². The summed E-state index contributed by atoms with van der Waals surface area (Å²) in [6, 6.07) is 0.249. The van der Waals surface area contributed by atoms with Gasteiger partial charge in [-0.1, -0.05) is 11.6 Å². The van der Waals surface area contributed by atoms with Crippen molar-refractivity contribution in [2.75, 3.05) is 57.9 Å². The molecule has 0 unspecified atom stereocenters. The zero-order valence-corrected chi connectivity index (χ0v) is 24.1. The summed E-state index contributed by atoms with van der Waals surface area (Å²) in [6.07, 6.45) is 11.1. The van der Waals surface area contributed by atoms with Crippen LogP contribution in [0.3, 0.4) is 0 Å². The Morgan fingerprint density at radius 2 is 1.85 bits per heavy atom. The van der Waals surface area contributed by atoms with Crippen molar-refractivity contribution < 1.29 is 23.1 Å². The minimum atomic E-state index is -0.660. The number of fused-ring (bicyclic) bond motifs is 3. The molecule has 10 nitrogen and oxygen atoms in total. The first-order valence-electron chi connectivity index (χ1n) is 15.7. The summed E-state index contributed by atoms with van der Waals surface area (Å²) in [6.45, 7) is 4.83. The fourth-order valence-corrected chi connectivity index (χ4v) is 8.28. The van der Waals surface area contributed by atoms with Crippen LogP contribution in [0.5, 0.6) is 5.88 Å². The van der Waals surface area contributed by atoms with Crippen molar-refractivity contribution in [1.82, 2.24) is 25.3 Å². The lowest BCUT2D eigenvalue weighted by Gasteiger charge is -2.50. The fourth-order valence-electron chi connectivity index (χ4n) is 8.28. The summed E-state index contributed by atoms with van der Waals surface area (Å²) in [5, 5.41) is 8.21. The minimum absolute atomic E-state index is 0.00699. The summed E-state index contributed by atoms with van der Waals surface area (Å²) < 4.78 is 41.2. The molecule has 1 N–H and O–H groups in total. The normalized spacial score (nSPS) is 30.4. The van der Waals surface area contributed by atoms with E-state index in [1.165, 1.54) is 0 Å². The van der Waals surface area contributed by atoms with E-state index < -0.39 is 11.6 Å². The molecule has 8 rings (SSSR count). The van der Waals surface area contributed by atoms with Crippen LogP contribution in [0, 0.1) is 5.82 Å². The zero-order chi connectivity index (χ0) is 27.7. The first-order valence-corrected chi connectivity index (χ1v) is 15.7. The molecule has 2 saturated carbocycles. The number of anilines is 1. The lowest BCUT2D eigenvalue weighted by atomic mass is 9.61. The monoisotopic (exact) mass is 568 g/mol. The molecule has 11 heteroatoms. The topological polar surface area (TPSA) is 98.0 Å². The van der Waals surface area contributed by atoms with E-state index in [1.54, 1.807) is 0 Å². The van der Waals surface area contributed by atoms with Gasteiger partial charge in [0.2, 0.25) is 5.82 Å². The Balaban J connectivity index is 1.19. The van der Waals surface area contributed by atoms with Gasteiger partial charge in [-0.05, 0) is 71.4 Å². The molecule has 0 radical (unpaired) electrons. The van der Waals surface area contributed by atoms with Crippen molar-refractivity contribution >= 4 is 5.82 Å². The first kappa shape index (κ1) is 26.3. The molecule has 5 fully saturated rings. The Hall–Kier alpha value is -2.34. The highest BCUT2D eigenvalue weighted by Crippen LogP contribution is 2.57. The minimum Gasteiger partial charge on any atom is -0.474 e. The second-order valence-corrected chi connectivity index (χ2v) is 13.1. The SMILES string of the molecule is CN1CCC[C@H]1COc1nc(-c2noc3c2CCC[C@@]32CCCCC23OCCO3)nc(N2CCNC3(CC3)C2)c1F. The maximum absolute atomic E-state index is 16.1. The molecule has 2 aromatic heterocycles. The van der Waals surface area contributed by atoms with Gasteiger partial charge in [-0.25, -0.2) is 4.98 Å². The summed E-state index contributed by atoms with van der Waals surface area (Å²) in [5.41, 5.74) is 1.30. The summed E-state index contributed by atoms with van der Waals surface area (Å²) >= 11 is 0. The zero-order valence-electron chi connectivity index (χ0n) is 24.1. The average Bonchev–Trinajstić information content (AvgIpc) is 3.35. The highest BCUT2D eigenvalue weighted by molar-refractivity contribution is 5.61. The molecule has 3 aliphatic carbocycles. The Bertz CT molecular complexity index is 1310. The van der Waals surface area contributed by atoms with Crippen LogP contribution in [0.25, 0.3) is 11.5 Å². The molecule has 222 valence electrons. The number of rotatable bonds is 5. The van der Waals surface area contributed by atoms with Crippen LogP contribution < -0.4 is 15.0 Å². The van der Waals surface area contributed by atoms with Crippen molar-refractivity contribution in [2.24, 2.45) is 0 Å². The van der Waals surface area contributed by atoms with E-state index in [4.69, 9.17) is 23.7 Å². The van der Waals surface area contributed by atoms with Gasteiger partial charge in [0.25, 0.3) is 5.88 Å². The van der Waals surface area contributed by atoms with Crippen LogP contribution in [-0.2, 0) is 21.3 Å². The lowest BCUT2D eigenvalue weighted by Crippen LogP contribution is -2.56. The quantitative estimate of drug-likeness (QED) is 0.577. The molecule has 3 saturated heterocycles. The number of nitrogens with one attached hydrogen (secondary N) is 1. The van der Waals surface area contributed by atoms with E-state index in [1.807, 2.05) is 0 Å². The van der Waals surface area contributed by atoms with Crippen molar-refractivity contribution in [1.29, 1.82) is 0 Å². The Kier molecular flexibility index (Phi) is 6.32. The van der Waals surface area contributed by atoms with Gasteiger partial charge in [0, 0.05) is 43.2 Å². The number of aromatic nitrogens is 3. The number of hydrogen-bond donors (Lipinski definition) is 1. The van der Waals surface area contributed by atoms with Crippen molar-refractivity contribution in [2.45, 2.75) is 93.4 Å². The highest BCUT2D eigenvalue weighted by Gasteiger charge is 2.61. The molecule has 0 bridgehead atoms. The number of ether oxygens (including phenoxy) is 3. The third-order valence-electron chi connectivity index (χ3n) is 10.7. The van der Waals surface area contributed by atoms with Crippen molar-refractivity contribution in [3.05, 3.63) is 17.1 Å². The smallest absolute Gasteiger partial charge is 0.256 e. The molecule has 2 atom stereocenters. The van der Waals surface area contributed by atoms with Crippen molar-refractivity contribution in [3.8, 4) is 17.4 Å². The molecular weight excluding hydrogens is 527 g/mol. The Morgan fingerprint density at radius 3 is 2.66 bits per heavy atom. The fraction of sp³-hybridized carbons (Fsp3) is 0.767. The van der Waals surface area contributed by atoms with E-state index in [0.717, 1.165) is 102 Å². The maximum atomic E-state index is 16.1. The van der Waals surface area contributed by atoms with Crippen LogP contribution >= 0.6 is 0 Å². The Labute approximate surface area is 240 Å². The second kappa shape index (κ2) is 9.86. The molecule has 5 heterocycles. The van der Waals surface area contributed by atoms with Gasteiger partial charge in [0.1, 0.15) is 6.61 Å². The van der Waals surface area contributed by atoms with Crippen molar-refractivity contribution in [3.63, 3.8) is 0 Å². The third kappa shape index (κ3) is 4.21. The average molecular weight is 569 g/mol. The van der Waals surface area contributed by atoms with E-state index in [0.29, 0.717) is 43.7 Å². The van der Waals surface area contributed by atoms with Crippen LogP contribution in [-0.4, -0.2) is 90.4 Å². The number of likely N-dealkylation sites (N-methyl/N-ethyl adjacent to an activating group) is 1. The van der Waals surface area contributed by atoms with E-state index >= 15 is 4.39 Å². The second-order valence-electron chi connectivity index (χ2n) is 13.1. The van der Waals surface area contributed by atoms with Crippen LogP contribution in [0.2, 0.25) is 0 Å². The molecule has 0 aromatic carbocycles. The molecule has 3 spiro atoms. The molecule has 0 amide bonds. The maximum Gasteiger partial charge on any atom is 0.256 e. The van der Waals surface area contributed by atoms with Gasteiger partial charge in [-0.2, -0.15) is 9.37 Å². The molecule has 41 heavy (non-hydrogen) atoms. The number of likely N-dealkylation sites (tertiary alicyclic amines) is 1. The first-order chi connectivity index (χ1) is 20.0. The molecule has 2 aromatic rings. The van der Waals surface area contributed by atoms with Crippen LogP contribution in [0.1, 0.15) is 75.5 Å². The Morgan fingerprint density at radius 1 is 1.02 bits per heavy atom. The van der Waals surface area contributed by atoms with Gasteiger partial charge in [0.05, 0.1) is 18.6 Å². The summed E-state index contributed by atoms with van der Waals surface area (Å²) in [7, 11) is 2.09. The number of hydrogen-bond acceptors (Lipinski definition) is 10.